The highest BCUT2D eigenvalue weighted by Crippen LogP contribution is 2.26. The number of benzene rings is 1. The molecule has 0 spiro atoms. The molecule has 22 heavy (non-hydrogen) atoms. The Morgan fingerprint density at radius 1 is 1.09 bits per heavy atom. The number of methoxy groups -OCH3 is 1. The number of fused-ring (bicyclic) bond motifs is 1. The van der Waals surface area contributed by atoms with Crippen molar-refractivity contribution in [2.24, 2.45) is 0 Å². The van der Waals surface area contributed by atoms with Crippen molar-refractivity contribution < 1.29 is 19.1 Å². The van der Waals surface area contributed by atoms with Crippen molar-refractivity contribution in [3.8, 4) is 0 Å². The molecule has 0 bridgehead atoms. The number of rotatable bonds is 3. The Morgan fingerprint density at radius 3 is 2.36 bits per heavy atom. The van der Waals surface area contributed by atoms with Gasteiger partial charge in [-0.2, -0.15) is 0 Å². The molecule has 0 amide bonds. The van der Waals surface area contributed by atoms with Crippen LogP contribution < -0.4 is 0 Å². The first kappa shape index (κ1) is 15.9. The van der Waals surface area contributed by atoms with Crippen LogP contribution in [0.3, 0.4) is 0 Å². The quantitative estimate of drug-likeness (QED) is 0.814. The van der Waals surface area contributed by atoms with Crippen molar-refractivity contribution in [2.75, 3.05) is 7.11 Å². The minimum Gasteiger partial charge on any atom is -0.465 e. The summed E-state index contributed by atoms with van der Waals surface area (Å²) in [6.45, 7) is 7.11. The lowest BCUT2D eigenvalue weighted by molar-refractivity contribution is 0.0370. The normalized spacial score (nSPS) is 10.8. The Morgan fingerprint density at radius 2 is 1.77 bits per heavy atom. The molecule has 0 aliphatic heterocycles. The van der Waals surface area contributed by atoms with Gasteiger partial charge in [0.15, 0.2) is 0 Å². The summed E-state index contributed by atoms with van der Waals surface area (Å²) in [7, 11) is 1.28. The maximum absolute atomic E-state index is 12.5. The number of aryl methyl sites for hydroxylation is 2. The first-order valence-corrected chi connectivity index (χ1v) is 7.05. The summed E-state index contributed by atoms with van der Waals surface area (Å²) >= 11 is 0. The van der Waals surface area contributed by atoms with Crippen LogP contribution >= 0.6 is 0 Å². The van der Waals surface area contributed by atoms with E-state index in [9.17, 15) is 9.59 Å². The molecule has 0 saturated carbocycles. The molecule has 5 nitrogen and oxygen atoms in total. The van der Waals surface area contributed by atoms with Crippen molar-refractivity contribution in [3.05, 3.63) is 40.6 Å². The summed E-state index contributed by atoms with van der Waals surface area (Å²) in [4.78, 5) is 29.0. The molecule has 5 heteroatoms. The van der Waals surface area contributed by atoms with Crippen LogP contribution in [0.15, 0.2) is 18.2 Å². The maximum atomic E-state index is 12.5. The van der Waals surface area contributed by atoms with Gasteiger partial charge < -0.3 is 9.47 Å². The third-order valence-electron chi connectivity index (χ3n) is 3.26. The number of aromatic nitrogens is 1. The van der Waals surface area contributed by atoms with E-state index in [0.717, 1.165) is 5.56 Å². The molecule has 2 aromatic rings. The van der Waals surface area contributed by atoms with Crippen LogP contribution in [0.2, 0.25) is 0 Å². The van der Waals surface area contributed by atoms with Crippen molar-refractivity contribution in [2.45, 2.75) is 33.8 Å². The topological polar surface area (TPSA) is 65.5 Å². The van der Waals surface area contributed by atoms with Gasteiger partial charge in [0, 0.05) is 5.39 Å². The highest BCUT2D eigenvalue weighted by Gasteiger charge is 2.26. The number of ether oxygens (including phenoxy) is 2. The zero-order chi connectivity index (χ0) is 16.4. The van der Waals surface area contributed by atoms with Gasteiger partial charge >= 0.3 is 11.9 Å². The van der Waals surface area contributed by atoms with Gasteiger partial charge in [0.2, 0.25) is 0 Å². The third kappa shape index (κ3) is 2.93. The van der Waals surface area contributed by atoms with E-state index in [0.29, 0.717) is 16.6 Å². The van der Waals surface area contributed by atoms with Crippen molar-refractivity contribution >= 4 is 22.8 Å². The first-order chi connectivity index (χ1) is 10.3. The minimum absolute atomic E-state index is 0.159. The molecule has 0 aliphatic rings. The molecule has 2 rings (SSSR count). The number of nitrogens with zero attached hydrogens (tertiary/aromatic N) is 1. The van der Waals surface area contributed by atoms with E-state index in [4.69, 9.17) is 9.47 Å². The van der Waals surface area contributed by atoms with Gasteiger partial charge in [-0.3, -0.25) is 4.98 Å². The molecule has 0 saturated heterocycles. The fourth-order valence-corrected chi connectivity index (χ4v) is 2.34. The number of hydrogen-bond donors (Lipinski definition) is 0. The van der Waals surface area contributed by atoms with Gasteiger partial charge in [0.05, 0.1) is 35.6 Å². The number of pyridine rings is 1. The smallest absolute Gasteiger partial charge is 0.340 e. The standard InChI is InChI=1S/C17H19NO4/c1-9(2)22-17(20)15-12-8-10(3)6-7-13(12)18-11(4)14(15)16(19)21-5/h6-9H,1-5H3. The Balaban J connectivity index is 2.83. The van der Waals surface area contributed by atoms with Crippen molar-refractivity contribution in [1.82, 2.24) is 4.98 Å². The van der Waals surface area contributed by atoms with E-state index in [1.54, 1.807) is 20.8 Å². The van der Waals surface area contributed by atoms with Crippen LogP contribution in [0, 0.1) is 13.8 Å². The second-order valence-electron chi connectivity index (χ2n) is 5.41. The minimum atomic E-state index is -0.593. The fourth-order valence-electron chi connectivity index (χ4n) is 2.34. The van der Waals surface area contributed by atoms with Crippen LogP contribution in [0.4, 0.5) is 0 Å². The second kappa shape index (κ2) is 6.13. The Labute approximate surface area is 129 Å². The molecular formula is C17H19NO4. The third-order valence-corrected chi connectivity index (χ3v) is 3.26. The fraction of sp³-hybridized carbons (Fsp3) is 0.353. The predicted octanol–water partition coefficient (Wildman–Crippen LogP) is 3.20. The SMILES string of the molecule is COC(=O)c1c(C)nc2ccc(C)cc2c1C(=O)OC(C)C. The first-order valence-electron chi connectivity index (χ1n) is 7.05. The summed E-state index contributed by atoms with van der Waals surface area (Å²) in [6.07, 6.45) is -0.286. The molecule has 0 fully saturated rings. The zero-order valence-corrected chi connectivity index (χ0v) is 13.4. The van der Waals surface area contributed by atoms with E-state index < -0.39 is 11.9 Å². The van der Waals surface area contributed by atoms with Crippen molar-refractivity contribution in [3.63, 3.8) is 0 Å². The lowest BCUT2D eigenvalue weighted by Crippen LogP contribution is -2.19. The molecule has 0 radical (unpaired) electrons. The lowest BCUT2D eigenvalue weighted by atomic mass is 9.99. The van der Waals surface area contributed by atoms with Crippen LogP contribution in [0.1, 0.15) is 45.8 Å². The number of esters is 2. The summed E-state index contributed by atoms with van der Waals surface area (Å²) in [5.74, 6) is -1.14. The molecule has 0 unspecified atom stereocenters. The average molecular weight is 301 g/mol. The van der Waals surface area contributed by atoms with Crippen LogP contribution in [-0.2, 0) is 9.47 Å². The zero-order valence-electron chi connectivity index (χ0n) is 13.4. The molecule has 116 valence electrons. The predicted molar refractivity (Wildman–Crippen MR) is 83.1 cm³/mol. The molecule has 0 aliphatic carbocycles. The monoisotopic (exact) mass is 301 g/mol. The van der Waals surface area contributed by atoms with E-state index in [2.05, 4.69) is 4.98 Å². The van der Waals surface area contributed by atoms with Gasteiger partial charge in [0.1, 0.15) is 0 Å². The molecule has 0 atom stereocenters. The largest absolute Gasteiger partial charge is 0.465 e. The van der Waals surface area contributed by atoms with Crippen LogP contribution in [0.5, 0.6) is 0 Å². The number of hydrogen-bond acceptors (Lipinski definition) is 5. The second-order valence-corrected chi connectivity index (χ2v) is 5.41. The van der Waals surface area contributed by atoms with Gasteiger partial charge in [0.25, 0.3) is 0 Å². The number of carbonyl (C=O) groups excluding carboxylic acids is 2. The van der Waals surface area contributed by atoms with Crippen molar-refractivity contribution in [1.29, 1.82) is 0 Å². The van der Waals surface area contributed by atoms with E-state index in [1.807, 2.05) is 25.1 Å². The van der Waals surface area contributed by atoms with E-state index in [-0.39, 0.29) is 17.2 Å². The molecule has 1 heterocycles. The Hall–Kier alpha value is -2.43. The van der Waals surface area contributed by atoms with Crippen LogP contribution in [-0.4, -0.2) is 30.1 Å². The molecular weight excluding hydrogens is 282 g/mol. The van der Waals surface area contributed by atoms with Gasteiger partial charge in [-0.25, -0.2) is 9.59 Å². The summed E-state index contributed by atoms with van der Waals surface area (Å²) < 4.78 is 10.1. The summed E-state index contributed by atoms with van der Waals surface area (Å²) in [5, 5.41) is 0.594. The van der Waals surface area contributed by atoms with Crippen LogP contribution in [0.25, 0.3) is 10.9 Å². The summed E-state index contributed by atoms with van der Waals surface area (Å²) in [5.41, 5.74) is 2.43. The molecule has 1 aromatic carbocycles. The highest BCUT2D eigenvalue weighted by atomic mass is 16.5. The Kier molecular flexibility index (Phi) is 4.45. The van der Waals surface area contributed by atoms with Gasteiger partial charge in [-0.1, -0.05) is 11.6 Å². The van der Waals surface area contributed by atoms with E-state index in [1.165, 1.54) is 7.11 Å². The molecule has 1 aromatic heterocycles. The number of carbonyl (C=O) groups is 2. The van der Waals surface area contributed by atoms with Gasteiger partial charge in [-0.15, -0.1) is 0 Å². The van der Waals surface area contributed by atoms with E-state index >= 15 is 0 Å². The Bertz CT molecular complexity index is 750. The average Bonchev–Trinajstić information content (AvgIpc) is 2.44. The molecule has 0 N–H and O–H groups in total. The maximum Gasteiger partial charge on any atom is 0.340 e. The highest BCUT2D eigenvalue weighted by molar-refractivity contribution is 6.12. The van der Waals surface area contributed by atoms with Gasteiger partial charge in [-0.05, 0) is 39.8 Å². The summed E-state index contributed by atoms with van der Waals surface area (Å²) in [6, 6.07) is 5.56. The lowest BCUT2D eigenvalue weighted by Gasteiger charge is -2.15.